The van der Waals surface area contributed by atoms with Gasteiger partial charge in [0.2, 0.25) is 5.13 Å². The van der Waals surface area contributed by atoms with Gasteiger partial charge >= 0.3 is 0 Å². The highest BCUT2D eigenvalue weighted by atomic mass is 32.1. The van der Waals surface area contributed by atoms with Gasteiger partial charge in [0.15, 0.2) is 0 Å². The largest absolute Gasteiger partial charge is 0.383 e. The van der Waals surface area contributed by atoms with Gasteiger partial charge in [-0.05, 0) is 11.1 Å². The van der Waals surface area contributed by atoms with Crippen LogP contribution >= 0.6 is 11.3 Å². The molecule has 0 saturated carbocycles. The van der Waals surface area contributed by atoms with Gasteiger partial charge in [-0.15, -0.1) is 11.3 Å². The molecule has 1 aromatic carbocycles. The van der Waals surface area contributed by atoms with E-state index in [-0.39, 0.29) is 0 Å². The maximum absolute atomic E-state index is 5.58. The lowest BCUT2D eigenvalue weighted by Gasteiger charge is -2.27. The normalized spacial score (nSPS) is 16.2. The Kier molecular flexibility index (Phi) is 4.99. The molecule has 22 heavy (non-hydrogen) atoms. The lowest BCUT2D eigenvalue weighted by atomic mass is 10.1. The summed E-state index contributed by atoms with van der Waals surface area (Å²) in [5, 5.41) is 6.73. The number of nitrogens with zero attached hydrogens (tertiary/aromatic N) is 3. The predicted molar refractivity (Wildman–Crippen MR) is 90.3 cm³/mol. The van der Waals surface area contributed by atoms with Gasteiger partial charge < -0.3 is 10.5 Å². The van der Waals surface area contributed by atoms with Crippen LogP contribution in [0.4, 0.5) is 10.9 Å². The number of nitrogens with two attached hydrogens (primary N) is 1. The summed E-state index contributed by atoms with van der Waals surface area (Å²) in [4.78, 5) is 6.50. The Labute approximate surface area is 133 Å². The highest BCUT2D eigenvalue weighted by Crippen LogP contribution is 2.16. The third kappa shape index (κ3) is 4.03. The number of aromatic nitrogens is 1. The Morgan fingerprint density at radius 3 is 2.95 bits per heavy atom. The predicted octanol–water partition coefficient (Wildman–Crippen LogP) is 2.00. The lowest BCUT2D eigenvalue weighted by Crippen LogP contribution is -2.35. The van der Waals surface area contributed by atoms with E-state index in [1.54, 1.807) is 5.38 Å². The first kappa shape index (κ1) is 15.0. The molecule has 0 aliphatic carbocycles. The highest BCUT2D eigenvalue weighted by molar-refractivity contribution is 7.14. The second-order valence-electron chi connectivity index (χ2n) is 5.03. The van der Waals surface area contributed by atoms with E-state index in [4.69, 9.17) is 10.5 Å². The summed E-state index contributed by atoms with van der Waals surface area (Å²) in [5.41, 5.74) is 10.9. The van der Waals surface area contributed by atoms with Crippen LogP contribution in [0.15, 0.2) is 34.7 Å². The molecule has 3 N–H and O–H groups in total. The standard InChI is InChI=1S/C15H19N5OS/c16-14-11-22-15(18-14)19-17-9-12-3-1-2-4-13(12)10-20-5-7-21-8-6-20/h1-4,9,11H,5-8,10,16H2,(H,18,19). The van der Waals surface area contributed by atoms with Crippen molar-refractivity contribution in [1.82, 2.24) is 9.88 Å². The van der Waals surface area contributed by atoms with Crippen molar-refractivity contribution in [3.63, 3.8) is 0 Å². The van der Waals surface area contributed by atoms with Gasteiger partial charge in [-0.3, -0.25) is 10.3 Å². The van der Waals surface area contributed by atoms with Crippen molar-refractivity contribution < 1.29 is 4.74 Å². The quantitative estimate of drug-likeness (QED) is 0.652. The van der Waals surface area contributed by atoms with E-state index in [1.165, 1.54) is 16.9 Å². The van der Waals surface area contributed by atoms with Gasteiger partial charge in [-0.25, -0.2) is 4.98 Å². The van der Waals surface area contributed by atoms with Gasteiger partial charge in [-0.1, -0.05) is 24.3 Å². The molecule has 0 amide bonds. The topological polar surface area (TPSA) is 75.8 Å². The zero-order valence-electron chi connectivity index (χ0n) is 12.2. The molecule has 0 spiro atoms. The minimum atomic E-state index is 0.510. The average molecular weight is 317 g/mol. The smallest absolute Gasteiger partial charge is 0.205 e. The first-order valence-electron chi connectivity index (χ1n) is 7.19. The molecule has 1 aromatic heterocycles. The van der Waals surface area contributed by atoms with E-state index >= 15 is 0 Å². The number of morpholine rings is 1. The van der Waals surface area contributed by atoms with E-state index in [0.717, 1.165) is 38.4 Å². The number of ether oxygens (including phenoxy) is 1. The monoisotopic (exact) mass is 317 g/mol. The van der Waals surface area contributed by atoms with Crippen LogP contribution in [-0.2, 0) is 11.3 Å². The van der Waals surface area contributed by atoms with Crippen molar-refractivity contribution in [1.29, 1.82) is 0 Å². The summed E-state index contributed by atoms with van der Waals surface area (Å²) >= 11 is 1.43. The average Bonchev–Trinajstić information content (AvgIpc) is 2.95. The van der Waals surface area contributed by atoms with Gasteiger partial charge in [-0.2, -0.15) is 5.10 Å². The summed E-state index contributed by atoms with van der Waals surface area (Å²) in [6.45, 7) is 4.48. The molecule has 1 saturated heterocycles. The fraction of sp³-hybridized carbons (Fsp3) is 0.333. The molecule has 0 atom stereocenters. The van der Waals surface area contributed by atoms with Crippen molar-refractivity contribution in [2.75, 3.05) is 37.5 Å². The van der Waals surface area contributed by atoms with E-state index < -0.39 is 0 Å². The fourth-order valence-corrected chi connectivity index (χ4v) is 2.85. The maximum Gasteiger partial charge on any atom is 0.205 e. The van der Waals surface area contributed by atoms with Crippen LogP contribution in [0.1, 0.15) is 11.1 Å². The van der Waals surface area contributed by atoms with Gasteiger partial charge in [0.05, 0.1) is 19.4 Å². The third-order valence-electron chi connectivity index (χ3n) is 3.44. The van der Waals surface area contributed by atoms with Gasteiger partial charge in [0.25, 0.3) is 0 Å². The third-order valence-corrected chi connectivity index (χ3v) is 4.20. The number of hydrogen-bond donors (Lipinski definition) is 2. The molecule has 0 unspecified atom stereocenters. The van der Waals surface area contributed by atoms with Crippen LogP contribution in [0.2, 0.25) is 0 Å². The van der Waals surface area contributed by atoms with E-state index in [1.807, 2.05) is 12.3 Å². The van der Waals surface area contributed by atoms with Crippen LogP contribution in [-0.4, -0.2) is 42.4 Å². The molecule has 116 valence electrons. The Bertz CT molecular complexity index is 636. The Balaban J connectivity index is 1.65. The molecule has 7 heteroatoms. The zero-order chi connectivity index (χ0) is 15.2. The second-order valence-corrected chi connectivity index (χ2v) is 5.89. The van der Waals surface area contributed by atoms with Crippen molar-refractivity contribution in [3.05, 3.63) is 40.8 Å². The van der Waals surface area contributed by atoms with Crippen molar-refractivity contribution in [2.24, 2.45) is 5.10 Å². The number of nitrogen functional groups attached to an aromatic ring is 1. The van der Waals surface area contributed by atoms with Crippen molar-refractivity contribution >= 4 is 28.5 Å². The van der Waals surface area contributed by atoms with Crippen molar-refractivity contribution in [3.8, 4) is 0 Å². The summed E-state index contributed by atoms with van der Waals surface area (Å²) in [7, 11) is 0. The number of hydrogen-bond acceptors (Lipinski definition) is 7. The Morgan fingerprint density at radius 2 is 2.18 bits per heavy atom. The molecule has 2 aromatic rings. The van der Waals surface area contributed by atoms with Gasteiger partial charge in [0.1, 0.15) is 5.82 Å². The van der Waals surface area contributed by atoms with Crippen LogP contribution in [0.25, 0.3) is 0 Å². The number of nitrogens with one attached hydrogen (secondary N) is 1. The molecular formula is C15H19N5OS. The summed E-state index contributed by atoms with van der Waals surface area (Å²) in [6, 6.07) is 8.28. The van der Waals surface area contributed by atoms with Crippen LogP contribution < -0.4 is 11.2 Å². The Morgan fingerprint density at radius 1 is 1.36 bits per heavy atom. The SMILES string of the molecule is Nc1csc(NN=Cc2ccccc2CN2CCOCC2)n1. The first-order chi connectivity index (χ1) is 10.8. The van der Waals surface area contributed by atoms with Crippen LogP contribution in [0.5, 0.6) is 0 Å². The molecule has 2 heterocycles. The highest BCUT2D eigenvalue weighted by Gasteiger charge is 2.11. The van der Waals surface area contributed by atoms with Crippen LogP contribution in [0, 0.1) is 0 Å². The fourth-order valence-electron chi connectivity index (χ4n) is 2.30. The summed E-state index contributed by atoms with van der Waals surface area (Å²) in [6.07, 6.45) is 1.83. The lowest BCUT2D eigenvalue weighted by molar-refractivity contribution is 0.0342. The Hall–Kier alpha value is -1.96. The van der Waals surface area contributed by atoms with E-state index in [0.29, 0.717) is 10.9 Å². The minimum Gasteiger partial charge on any atom is -0.383 e. The summed E-state index contributed by atoms with van der Waals surface area (Å²) < 4.78 is 5.39. The van der Waals surface area contributed by atoms with Gasteiger partial charge in [0, 0.05) is 25.0 Å². The molecule has 1 aliphatic rings. The first-order valence-corrected chi connectivity index (χ1v) is 8.07. The minimum absolute atomic E-state index is 0.510. The zero-order valence-corrected chi connectivity index (χ0v) is 13.1. The molecule has 0 bridgehead atoms. The number of benzene rings is 1. The molecule has 6 nitrogen and oxygen atoms in total. The maximum atomic E-state index is 5.58. The molecular weight excluding hydrogens is 298 g/mol. The van der Waals surface area contributed by atoms with E-state index in [9.17, 15) is 0 Å². The van der Waals surface area contributed by atoms with Crippen LogP contribution in [0.3, 0.4) is 0 Å². The second kappa shape index (κ2) is 7.35. The number of hydrazone groups is 1. The van der Waals surface area contributed by atoms with E-state index in [2.05, 4.69) is 38.6 Å². The summed E-state index contributed by atoms with van der Waals surface area (Å²) in [5.74, 6) is 0.510. The molecule has 3 rings (SSSR count). The number of rotatable bonds is 5. The number of anilines is 2. The number of thiazole rings is 1. The molecule has 1 aliphatic heterocycles. The molecule has 1 fully saturated rings. The van der Waals surface area contributed by atoms with Crippen molar-refractivity contribution in [2.45, 2.75) is 6.54 Å². The molecule has 0 radical (unpaired) electrons.